The van der Waals surface area contributed by atoms with E-state index >= 15 is 0 Å². The Morgan fingerprint density at radius 3 is 2.85 bits per heavy atom. The normalized spacial score (nSPS) is 29.9. The number of hydrogen-bond donors (Lipinski definition) is 1. The molecule has 0 bridgehead atoms. The Bertz CT molecular complexity index is 422. The van der Waals surface area contributed by atoms with Crippen molar-refractivity contribution in [1.82, 2.24) is 14.8 Å². The van der Waals surface area contributed by atoms with Crippen molar-refractivity contribution in [2.24, 2.45) is 5.73 Å². The molecule has 0 aliphatic carbocycles. The highest BCUT2D eigenvalue weighted by Gasteiger charge is 2.36. The highest BCUT2D eigenvalue weighted by molar-refractivity contribution is 5.16. The molecule has 2 saturated heterocycles. The lowest BCUT2D eigenvalue weighted by atomic mass is 9.94. The van der Waals surface area contributed by atoms with Crippen LogP contribution in [0.3, 0.4) is 0 Å². The molecule has 0 radical (unpaired) electrons. The molecule has 110 valence electrons. The maximum atomic E-state index is 6.09. The van der Waals surface area contributed by atoms with E-state index in [0.29, 0.717) is 18.6 Å². The predicted octanol–water partition coefficient (Wildman–Crippen LogP) is 1.64. The number of piperidine rings is 1. The van der Waals surface area contributed by atoms with Crippen LogP contribution in [0.1, 0.15) is 37.8 Å². The van der Waals surface area contributed by atoms with E-state index in [1.807, 2.05) is 12.4 Å². The van der Waals surface area contributed by atoms with E-state index in [4.69, 9.17) is 5.73 Å². The van der Waals surface area contributed by atoms with Crippen LogP contribution in [-0.2, 0) is 0 Å². The summed E-state index contributed by atoms with van der Waals surface area (Å²) in [6, 6.07) is 5.86. The first-order valence-corrected chi connectivity index (χ1v) is 7.89. The van der Waals surface area contributed by atoms with Crippen LogP contribution in [0.5, 0.6) is 0 Å². The largest absolute Gasteiger partial charge is 0.329 e. The zero-order valence-electron chi connectivity index (χ0n) is 12.4. The van der Waals surface area contributed by atoms with E-state index in [1.54, 1.807) is 0 Å². The van der Waals surface area contributed by atoms with Gasteiger partial charge in [0.1, 0.15) is 0 Å². The molecule has 4 nitrogen and oxygen atoms in total. The van der Waals surface area contributed by atoms with Gasteiger partial charge in [-0.15, -0.1) is 0 Å². The van der Waals surface area contributed by atoms with Gasteiger partial charge in [0.2, 0.25) is 0 Å². The number of rotatable bonds is 3. The number of nitrogens with zero attached hydrogens (tertiary/aromatic N) is 3. The van der Waals surface area contributed by atoms with Crippen LogP contribution >= 0.6 is 0 Å². The number of nitrogens with two attached hydrogens (primary N) is 1. The lowest BCUT2D eigenvalue weighted by molar-refractivity contribution is -0.00667. The SMILES string of the molecule is CC1CN2CCCCC2CN1C(CN)c1ccncc1. The highest BCUT2D eigenvalue weighted by Crippen LogP contribution is 2.30. The molecule has 0 aromatic carbocycles. The molecule has 0 spiro atoms. The first kappa shape index (κ1) is 14.0. The molecular weight excluding hydrogens is 248 g/mol. The van der Waals surface area contributed by atoms with Crippen molar-refractivity contribution in [3.8, 4) is 0 Å². The van der Waals surface area contributed by atoms with Crippen LogP contribution < -0.4 is 5.73 Å². The third-order valence-corrected chi connectivity index (χ3v) is 4.95. The summed E-state index contributed by atoms with van der Waals surface area (Å²) in [6.45, 7) is 6.65. The fraction of sp³-hybridized carbons (Fsp3) is 0.688. The smallest absolute Gasteiger partial charge is 0.0475 e. The predicted molar refractivity (Wildman–Crippen MR) is 81.4 cm³/mol. The van der Waals surface area contributed by atoms with Crippen LogP contribution in [0.15, 0.2) is 24.5 Å². The average Bonchev–Trinajstić information content (AvgIpc) is 2.49. The molecule has 20 heavy (non-hydrogen) atoms. The van der Waals surface area contributed by atoms with Crippen LogP contribution in [0.25, 0.3) is 0 Å². The molecule has 2 fully saturated rings. The van der Waals surface area contributed by atoms with E-state index in [0.717, 1.165) is 12.6 Å². The van der Waals surface area contributed by atoms with E-state index in [2.05, 4.69) is 33.8 Å². The van der Waals surface area contributed by atoms with Crippen LogP contribution in [0.4, 0.5) is 0 Å². The monoisotopic (exact) mass is 274 g/mol. The van der Waals surface area contributed by atoms with Gasteiger partial charge >= 0.3 is 0 Å². The Morgan fingerprint density at radius 1 is 1.30 bits per heavy atom. The van der Waals surface area contributed by atoms with Crippen molar-refractivity contribution in [2.45, 2.75) is 44.3 Å². The molecule has 3 unspecified atom stereocenters. The highest BCUT2D eigenvalue weighted by atomic mass is 15.3. The van der Waals surface area contributed by atoms with Gasteiger partial charge in [-0.25, -0.2) is 0 Å². The molecule has 2 N–H and O–H groups in total. The number of pyridine rings is 1. The second kappa shape index (κ2) is 6.20. The molecule has 4 heteroatoms. The van der Waals surface area contributed by atoms with Crippen LogP contribution in [-0.4, -0.2) is 53.0 Å². The maximum absolute atomic E-state index is 6.09. The molecule has 0 saturated carbocycles. The third-order valence-electron chi connectivity index (χ3n) is 4.95. The third kappa shape index (κ3) is 2.73. The number of aromatic nitrogens is 1. The summed E-state index contributed by atoms with van der Waals surface area (Å²) in [4.78, 5) is 9.42. The summed E-state index contributed by atoms with van der Waals surface area (Å²) in [5, 5.41) is 0. The Hall–Kier alpha value is -0.970. The topological polar surface area (TPSA) is 45.4 Å². The molecule has 2 aliphatic rings. The zero-order valence-corrected chi connectivity index (χ0v) is 12.4. The summed E-state index contributed by atoms with van der Waals surface area (Å²) in [6.07, 6.45) is 7.84. The number of piperazine rings is 1. The van der Waals surface area contributed by atoms with E-state index in [9.17, 15) is 0 Å². The summed E-state index contributed by atoms with van der Waals surface area (Å²) in [7, 11) is 0. The molecule has 1 aromatic rings. The van der Waals surface area contributed by atoms with E-state index in [-0.39, 0.29) is 0 Å². The number of hydrogen-bond acceptors (Lipinski definition) is 4. The van der Waals surface area contributed by atoms with Gasteiger partial charge < -0.3 is 5.73 Å². The van der Waals surface area contributed by atoms with Crippen molar-refractivity contribution in [3.63, 3.8) is 0 Å². The summed E-state index contributed by atoms with van der Waals surface area (Å²) in [5.41, 5.74) is 7.39. The van der Waals surface area contributed by atoms with Gasteiger partial charge in [0, 0.05) is 50.2 Å². The Morgan fingerprint density at radius 2 is 2.10 bits per heavy atom. The quantitative estimate of drug-likeness (QED) is 0.910. The standard InChI is InChI=1S/C16H26N4/c1-13-11-19-9-3-2-4-15(19)12-20(13)16(10-17)14-5-7-18-8-6-14/h5-8,13,15-16H,2-4,9-12,17H2,1H3. The average molecular weight is 274 g/mol. The summed E-state index contributed by atoms with van der Waals surface area (Å²) in [5.74, 6) is 0. The van der Waals surface area contributed by atoms with Gasteiger partial charge in [0.05, 0.1) is 0 Å². The molecule has 0 amide bonds. The molecule has 3 atom stereocenters. The fourth-order valence-electron chi connectivity index (χ4n) is 3.86. The maximum Gasteiger partial charge on any atom is 0.0475 e. The van der Waals surface area contributed by atoms with E-state index in [1.165, 1.54) is 37.9 Å². The Balaban J connectivity index is 1.77. The molecule has 3 rings (SSSR count). The van der Waals surface area contributed by atoms with Crippen molar-refractivity contribution in [1.29, 1.82) is 0 Å². The lowest BCUT2D eigenvalue weighted by Crippen LogP contribution is -2.60. The zero-order chi connectivity index (χ0) is 13.9. The molecular formula is C16H26N4. The van der Waals surface area contributed by atoms with Gasteiger partial charge in [-0.05, 0) is 44.0 Å². The van der Waals surface area contributed by atoms with Crippen molar-refractivity contribution >= 4 is 0 Å². The lowest BCUT2D eigenvalue weighted by Gasteiger charge is -2.50. The van der Waals surface area contributed by atoms with Gasteiger partial charge in [0.25, 0.3) is 0 Å². The van der Waals surface area contributed by atoms with Gasteiger partial charge in [-0.2, -0.15) is 0 Å². The minimum absolute atomic E-state index is 0.331. The fourth-order valence-corrected chi connectivity index (χ4v) is 3.86. The first-order valence-electron chi connectivity index (χ1n) is 7.89. The summed E-state index contributed by atoms with van der Waals surface area (Å²) >= 11 is 0. The second-order valence-electron chi connectivity index (χ2n) is 6.22. The minimum atomic E-state index is 0.331. The van der Waals surface area contributed by atoms with Gasteiger partial charge in [-0.1, -0.05) is 6.42 Å². The Kier molecular flexibility index (Phi) is 4.34. The van der Waals surface area contributed by atoms with Gasteiger partial charge in [0.15, 0.2) is 0 Å². The molecule has 1 aromatic heterocycles. The minimum Gasteiger partial charge on any atom is -0.329 e. The van der Waals surface area contributed by atoms with Crippen LogP contribution in [0.2, 0.25) is 0 Å². The molecule has 2 aliphatic heterocycles. The summed E-state index contributed by atoms with van der Waals surface area (Å²) < 4.78 is 0. The Labute approximate surface area is 122 Å². The number of fused-ring (bicyclic) bond motifs is 1. The van der Waals surface area contributed by atoms with Crippen LogP contribution in [0, 0.1) is 0 Å². The van der Waals surface area contributed by atoms with Crippen molar-refractivity contribution in [3.05, 3.63) is 30.1 Å². The molecule has 3 heterocycles. The van der Waals surface area contributed by atoms with E-state index < -0.39 is 0 Å². The van der Waals surface area contributed by atoms with Crippen molar-refractivity contribution in [2.75, 3.05) is 26.2 Å². The first-order chi connectivity index (χ1) is 9.79. The second-order valence-corrected chi connectivity index (χ2v) is 6.22. The van der Waals surface area contributed by atoms with Crippen molar-refractivity contribution < 1.29 is 0 Å². The van der Waals surface area contributed by atoms with Gasteiger partial charge in [-0.3, -0.25) is 14.8 Å².